The Hall–Kier alpha value is -1.49. The molecule has 2 heterocycles. The zero-order chi connectivity index (χ0) is 19.4. The van der Waals surface area contributed by atoms with Crippen LogP contribution in [0.25, 0.3) is 0 Å². The number of nitrogens with zero attached hydrogens (tertiary/aromatic N) is 3. The molecule has 1 amide bonds. The SMILES string of the molecule is Cc1ccccc1CSc1nnc(NC(=O)C2CCN(S(C)(=O)=O)CC2)s1. The van der Waals surface area contributed by atoms with Gasteiger partial charge in [0, 0.05) is 24.8 Å². The van der Waals surface area contributed by atoms with Crippen LogP contribution in [0.3, 0.4) is 0 Å². The van der Waals surface area contributed by atoms with E-state index in [0.717, 1.165) is 10.1 Å². The quantitative estimate of drug-likeness (QED) is 0.564. The van der Waals surface area contributed by atoms with Gasteiger partial charge in [0.1, 0.15) is 0 Å². The van der Waals surface area contributed by atoms with Crippen molar-refractivity contribution in [3.8, 4) is 0 Å². The van der Waals surface area contributed by atoms with Crippen molar-refractivity contribution in [2.24, 2.45) is 5.92 Å². The number of piperidine rings is 1. The third-order valence-electron chi connectivity index (χ3n) is 4.54. The molecule has 0 aliphatic carbocycles. The van der Waals surface area contributed by atoms with E-state index in [1.165, 1.54) is 33.0 Å². The topological polar surface area (TPSA) is 92.3 Å². The number of hydrogen-bond acceptors (Lipinski definition) is 7. The number of thioether (sulfide) groups is 1. The summed E-state index contributed by atoms with van der Waals surface area (Å²) in [5.41, 5.74) is 2.49. The minimum Gasteiger partial charge on any atom is -0.300 e. The Kier molecular flexibility index (Phi) is 6.51. The van der Waals surface area contributed by atoms with Gasteiger partial charge in [-0.05, 0) is 30.9 Å². The van der Waals surface area contributed by atoms with Crippen LogP contribution < -0.4 is 5.32 Å². The van der Waals surface area contributed by atoms with E-state index in [1.807, 2.05) is 12.1 Å². The number of benzene rings is 1. The Morgan fingerprint density at radius 2 is 2.00 bits per heavy atom. The number of hydrogen-bond donors (Lipinski definition) is 1. The third-order valence-corrected chi connectivity index (χ3v) is 7.87. The number of sulfonamides is 1. The minimum atomic E-state index is -3.18. The summed E-state index contributed by atoms with van der Waals surface area (Å²) < 4.78 is 25.3. The molecule has 0 bridgehead atoms. The summed E-state index contributed by atoms with van der Waals surface area (Å²) in [4.78, 5) is 12.4. The Balaban J connectivity index is 1.50. The van der Waals surface area contributed by atoms with Crippen molar-refractivity contribution in [2.45, 2.75) is 29.9 Å². The number of carbonyl (C=O) groups excluding carboxylic acids is 1. The van der Waals surface area contributed by atoms with Crippen molar-refractivity contribution in [3.05, 3.63) is 35.4 Å². The van der Waals surface area contributed by atoms with E-state index in [9.17, 15) is 13.2 Å². The summed E-state index contributed by atoms with van der Waals surface area (Å²) >= 11 is 2.95. The van der Waals surface area contributed by atoms with E-state index in [1.54, 1.807) is 11.8 Å². The van der Waals surface area contributed by atoms with Crippen molar-refractivity contribution in [1.29, 1.82) is 0 Å². The molecule has 10 heteroatoms. The summed E-state index contributed by atoms with van der Waals surface area (Å²) in [7, 11) is -3.18. The number of nitrogens with one attached hydrogen (secondary N) is 1. The molecule has 1 saturated heterocycles. The van der Waals surface area contributed by atoms with Crippen molar-refractivity contribution < 1.29 is 13.2 Å². The van der Waals surface area contributed by atoms with Crippen LogP contribution in [0.2, 0.25) is 0 Å². The first-order valence-corrected chi connectivity index (χ1v) is 12.2. The van der Waals surface area contributed by atoms with Gasteiger partial charge in [0.05, 0.1) is 6.26 Å². The maximum absolute atomic E-state index is 12.4. The van der Waals surface area contributed by atoms with Gasteiger partial charge >= 0.3 is 0 Å². The molecule has 1 aliphatic heterocycles. The summed E-state index contributed by atoms with van der Waals surface area (Å²) in [6, 6.07) is 8.21. The molecular formula is C17H22N4O3S3. The van der Waals surface area contributed by atoms with E-state index in [4.69, 9.17) is 0 Å². The molecule has 0 atom stereocenters. The lowest BCUT2D eigenvalue weighted by Gasteiger charge is -2.29. The lowest BCUT2D eigenvalue weighted by atomic mass is 9.97. The van der Waals surface area contributed by atoms with Crippen molar-refractivity contribution in [3.63, 3.8) is 0 Å². The second kappa shape index (κ2) is 8.68. The third kappa shape index (κ3) is 5.50. The van der Waals surface area contributed by atoms with Gasteiger partial charge in [0.25, 0.3) is 0 Å². The summed E-state index contributed by atoms with van der Waals surface area (Å²) in [6.45, 7) is 2.84. The normalized spacial score (nSPS) is 16.4. The molecule has 1 N–H and O–H groups in total. The molecule has 0 spiro atoms. The van der Waals surface area contributed by atoms with Gasteiger partial charge in [-0.2, -0.15) is 0 Å². The number of anilines is 1. The molecule has 0 radical (unpaired) electrons. The molecule has 146 valence electrons. The highest BCUT2D eigenvalue weighted by molar-refractivity contribution is 8.00. The average Bonchev–Trinajstić information content (AvgIpc) is 3.08. The molecule has 1 aliphatic rings. The molecule has 1 aromatic heterocycles. The second-order valence-corrected chi connectivity index (χ2v) is 10.7. The van der Waals surface area contributed by atoms with E-state index in [-0.39, 0.29) is 11.8 Å². The zero-order valence-corrected chi connectivity index (χ0v) is 17.7. The molecule has 3 rings (SSSR count). The highest BCUT2D eigenvalue weighted by atomic mass is 32.2. The number of aryl methyl sites for hydroxylation is 1. The minimum absolute atomic E-state index is 0.116. The molecular weight excluding hydrogens is 404 g/mol. The van der Waals surface area contributed by atoms with Crippen LogP contribution in [0.4, 0.5) is 5.13 Å². The van der Waals surface area contributed by atoms with Crippen LogP contribution in [0.1, 0.15) is 24.0 Å². The predicted molar refractivity (Wildman–Crippen MR) is 108 cm³/mol. The van der Waals surface area contributed by atoms with E-state index < -0.39 is 10.0 Å². The standard InChI is InChI=1S/C17H22N4O3S3/c1-12-5-3-4-6-14(12)11-25-17-20-19-16(26-17)18-15(22)13-7-9-21(10-8-13)27(2,23)24/h3-6,13H,7-11H2,1-2H3,(H,18,19,22). The van der Waals surface area contributed by atoms with Crippen LogP contribution in [0.5, 0.6) is 0 Å². The molecule has 7 nitrogen and oxygen atoms in total. The first-order chi connectivity index (χ1) is 12.8. The lowest BCUT2D eigenvalue weighted by Crippen LogP contribution is -2.40. The van der Waals surface area contributed by atoms with E-state index in [2.05, 4.69) is 34.6 Å². The van der Waals surface area contributed by atoms with E-state index in [0.29, 0.717) is 31.1 Å². The highest BCUT2D eigenvalue weighted by Crippen LogP contribution is 2.30. The summed E-state index contributed by atoms with van der Waals surface area (Å²) in [6.07, 6.45) is 2.24. The fraction of sp³-hybridized carbons (Fsp3) is 0.471. The molecule has 27 heavy (non-hydrogen) atoms. The Labute approximate surface area is 167 Å². The molecule has 1 fully saturated rings. The molecule has 0 unspecified atom stereocenters. The Morgan fingerprint density at radius 1 is 1.30 bits per heavy atom. The van der Waals surface area contributed by atoms with Crippen molar-refractivity contribution >= 4 is 44.2 Å². The summed E-state index contributed by atoms with van der Waals surface area (Å²) in [5.74, 6) is 0.490. The van der Waals surface area contributed by atoms with Gasteiger partial charge in [-0.15, -0.1) is 10.2 Å². The summed E-state index contributed by atoms with van der Waals surface area (Å²) in [5, 5.41) is 11.5. The first-order valence-electron chi connectivity index (χ1n) is 8.60. The fourth-order valence-corrected chi connectivity index (χ4v) is 5.59. The van der Waals surface area contributed by atoms with Crippen molar-refractivity contribution in [1.82, 2.24) is 14.5 Å². The number of aromatic nitrogens is 2. The van der Waals surface area contributed by atoms with Crippen LogP contribution in [-0.2, 0) is 20.6 Å². The highest BCUT2D eigenvalue weighted by Gasteiger charge is 2.29. The second-order valence-electron chi connectivity index (χ2n) is 6.51. The van der Waals surface area contributed by atoms with Gasteiger partial charge in [-0.3, -0.25) is 4.79 Å². The lowest BCUT2D eigenvalue weighted by molar-refractivity contribution is -0.120. The largest absolute Gasteiger partial charge is 0.300 e. The van der Waals surface area contributed by atoms with Crippen LogP contribution >= 0.6 is 23.1 Å². The van der Waals surface area contributed by atoms with Gasteiger partial charge < -0.3 is 5.32 Å². The van der Waals surface area contributed by atoms with Crippen molar-refractivity contribution in [2.75, 3.05) is 24.7 Å². The van der Waals surface area contributed by atoms with Crippen LogP contribution in [0.15, 0.2) is 28.6 Å². The maximum atomic E-state index is 12.4. The number of rotatable bonds is 6. The molecule has 1 aromatic carbocycles. The predicted octanol–water partition coefficient (Wildman–Crippen LogP) is 2.75. The average molecular weight is 427 g/mol. The Bertz CT molecular complexity index is 906. The van der Waals surface area contributed by atoms with Crippen LogP contribution in [0, 0.1) is 12.8 Å². The zero-order valence-electron chi connectivity index (χ0n) is 15.2. The van der Waals surface area contributed by atoms with Gasteiger partial charge in [-0.25, -0.2) is 12.7 Å². The molecule has 0 saturated carbocycles. The number of carbonyl (C=O) groups is 1. The number of amides is 1. The van der Waals surface area contributed by atoms with Gasteiger partial charge in [0.2, 0.25) is 21.1 Å². The fourth-order valence-electron chi connectivity index (χ4n) is 2.89. The van der Waals surface area contributed by atoms with Gasteiger partial charge in [0.15, 0.2) is 4.34 Å². The van der Waals surface area contributed by atoms with Gasteiger partial charge in [-0.1, -0.05) is 47.4 Å². The monoisotopic (exact) mass is 426 g/mol. The molecule has 2 aromatic rings. The smallest absolute Gasteiger partial charge is 0.229 e. The Morgan fingerprint density at radius 3 is 2.67 bits per heavy atom. The van der Waals surface area contributed by atoms with E-state index >= 15 is 0 Å². The van der Waals surface area contributed by atoms with Crippen LogP contribution in [-0.4, -0.2) is 48.2 Å². The maximum Gasteiger partial charge on any atom is 0.229 e. The first kappa shape index (κ1) is 20.2.